The van der Waals surface area contributed by atoms with Crippen LogP contribution in [0.15, 0.2) is 0 Å². The Morgan fingerprint density at radius 1 is 1.50 bits per heavy atom. The molecule has 1 aliphatic rings. The number of rotatable bonds is 0. The Kier molecular flexibility index (Phi) is 1.30. The molecule has 0 nitrogen and oxygen atoms in total. The topological polar surface area (TPSA) is 0 Å². The Bertz CT molecular complexity index is 56.6. The lowest BCUT2D eigenvalue weighted by Crippen LogP contribution is -2.38. The van der Waals surface area contributed by atoms with Gasteiger partial charge in [-0.05, 0) is 6.04 Å². The normalized spacial score (nSPS) is 33.0. The summed E-state index contributed by atoms with van der Waals surface area (Å²) in [7, 11) is 0.103. The van der Waals surface area contributed by atoms with Crippen LogP contribution in [0.2, 0.25) is 12.1 Å². The minimum Gasteiger partial charge on any atom is -0.151 e. The average Bonchev–Trinajstić information content (AvgIpc) is 1.32. The summed E-state index contributed by atoms with van der Waals surface area (Å²) in [6.07, 6.45) is -1.37. The lowest BCUT2D eigenvalue weighted by atomic mass is 10.9. The van der Waals surface area contributed by atoms with Gasteiger partial charge in [-0.3, -0.25) is 0 Å². The molecule has 0 N–H and O–H groups in total. The van der Waals surface area contributed by atoms with Crippen molar-refractivity contribution in [2.24, 2.45) is 0 Å². The second kappa shape index (κ2) is 1.51. The average molecular weight is 157 g/mol. The van der Waals surface area contributed by atoms with E-state index in [-0.39, 0.29) is 9.04 Å². The molecule has 1 rings (SSSR count). The van der Waals surface area contributed by atoms with E-state index in [0.29, 0.717) is 0 Å². The van der Waals surface area contributed by atoms with E-state index in [1.807, 2.05) is 0 Å². The van der Waals surface area contributed by atoms with Crippen molar-refractivity contribution in [3.8, 4) is 0 Å². The van der Waals surface area contributed by atoms with Crippen molar-refractivity contribution >= 4 is 37.4 Å². The van der Waals surface area contributed by atoms with E-state index in [0.717, 1.165) is 0 Å². The van der Waals surface area contributed by atoms with Crippen LogP contribution in [0.4, 0.5) is 0 Å². The van der Waals surface area contributed by atoms with Gasteiger partial charge in [-0.2, -0.15) is 22.2 Å². The third-order valence-electron chi connectivity index (χ3n) is 1.09. The van der Waals surface area contributed by atoms with Gasteiger partial charge in [0.25, 0.3) is 0 Å². The maximum absolute atomic E-state index is 5.77. The zero-order chi connectivity index (χ0) is 4.62. The largest absolute Gasteiger partial charge is 0.231 e. The number of hydrogen-bond acceptors (Lipinski definition) is 0. The van der Waals surface area contributed by atoms with Gasteiger partial charge in [0, 0.05) is 0 Å². The summed E-state index contributed by atoms with van der Waals surface area (Å²) in [5.41, 5.74) is 0. The lowest BCUT2D eigenvalue weighted by Gasteiger charge is -2.24. The molecule has 0 spiro atoms. The second-order valence-corrected chi connectivity index (χ2v) is 17.9. The molecule has 0 amide bonds. The SMILES string of the molecule is Cl[Si]1(Cl)CC[SiH2]1. The molecule has 0 atom stereocenters. The Morgan fingerprint density at radius 3 is 1.83 bits per heavy atom. The van der Waals surface area contributed by atoms with Gasteiger partial charge in [0.05, 0.1) is 9.04 Å². The third kappa shape index (κ3) is 0.994. The Hall–Kier alpha value is 1.01. The van der Waals surface area contributed by atoms with Crippen LogP contribution >= 0.6 is 22.2 Å². The molecule has 1 heterocycles. The minimum absolute atomic E-state index is 0.103. The van der Waals surface area contributed by atoms with Crippen LogP contribution in [0.1, 0.15) is 0 Å². The van der Waals surface area contributed by atoms with Crippen LogP contribution in [0.25, 0.3) is 0 Å². The molecule has 0 aromatic carbocycles. The van der Waals surface area contributed by atoms with Gasteiger partial charge in [0.1, 0.15) is 0 Å². The monoisotopic (exact) mass is 156 g/mol. The van der Waals surface area contributed by atoms with Gasteiger partial charge in [-0.15, -0.1) is 0 Å². The summed E-state index contributed by atoms with van der Waals surface area (Å²) in [4.78, 5) is 0. The Balaban J connectivity index is 2.31. The number of hydrogen-bond donors (Lipinski definition) is 0. The standard InChI is InChI=1S/C2H6Cl2Si2/c3-6(4)2-1-5-6/h1-2,5H2. The van der Waals surface area contributed by atoms with E-state index in [4.69, 9.17) is 22.2 Å². The van der Waals surface area contributed by atoms with Crippen molar-refractivity contribution in [2.75, 3.05) is 0 Å². The molecule has 36 valence electrons. The zero-order valence-corrected chi connectivity index (χ0v) is 7.30. The molecule has 0 bridgehead atoms. The molecule has 0 aromatic rings. The maximum Gasteiger partial charge on any atom is 0.231 e. The van der Waals surface area contributed by atoms with Crippen molar-refractivity contribution < 1.29 is 0 Å². The fourth-order valence-corrected chi connectivity index (χ4v) is 8.81. The maximum atomic E-state index is 5.77. The van der Waals surface area contributed by atoms with E-state index in [9.17, 15) is 0 Å². The van der Waals surface area contributed by atoms with Crippen LogP contribution in [0, 0.1) is 0 Å². The summed E-state index contributed by atoms with van der Waals surface area (Å²) >= 11 is 11.5. The zero-order valence-electron chi connectivity index (χ0n) is 3.38. The molecular weight excluding hydrogens is 151 g/mol. The van der Waals surface area contributed by atoms with Gasteiger partial charge in [0.2, 0.25) is 6.21 Å². The van der Waals surface area contributed by atoms with Crippen LogP contribution in [-0.4, -0.2) is 15.2 Å². The first-order valence-corrected chi connectivity index (χ1v) is 9.64. The molecule has 4 heteroatoms. The molecule has 0 saturated carbocycles. The highest BCUT2D eigenvalue weighted by atomic mass is 35.7. The van der Waals surface area contributed by atoms with Crippen molar-refractivity contribution in [3.63, 3.8) is 0 Å². The van der Waals surface area contributed by atoms with Gasteiger partial charge in [0.15, 0.2) is 0 Å². The molecule has 1 aliphatic heterocycles. The predicted molar refractivity (Wildman–Crippen MR) is 35.6 cm³/mol. The first-order valence-electron chi connectivity index (χ1n) is 2.09. The Morgan fingerprint density at radius 2 is 1.83 bits per heavy atom. The molecule has 0 aliphatic carbocycles. The van der Waals surface area contributed by atoms with E-state index < -0.39 is 6.21 Å². The van der Waals surface area contributed by atoms with Crippen molar-refractivity contribution in [1.29, 1.82) is 0 Å². The van der Waals surface area contributed by atoms with E-state index in [1.54, 1.807) is 0 Å². The Labute approximate surface area is 49.9 Å². The van der Waals surface area contributed by atoms with Crippen LogP contribution in [-0.2, 0) is 0 Å². The highest BCUT2D eigenvalue weighted by Gasteiger charge is 2.35. The first-order chi connectivity index (χ1) is 2.71. The van der Waals surface area contributed by atoms with Crippen molar-refractivity contribution in [3.05, 3.63) is 0 Å². The van der Waals surface area contributed by atoms with Gasteiger partial charge in [-0.25, -0.2) is 0 Å². The molecule has 0 unspecified atom stereocenters. The van der Waals surface area contributed by atoms with Gasteiger partial charge >= 0.3 is 0 Å². The summed E-state index contributed by atoms with van der Waals surface area (Å²) in [5.74, 6) is 0. The lowest BCUT2D eigenvalue weighted by molar-refractivity contribution is 1.38. The van der Waals surface area contributed by atoms with Gasteiger partial charge < -0.3 is 0 Å². The molecule has 6 heavy (non-hydrogen) atoms. The molecular formula is C2H6Cl2Si2. The second-order valence-electron chi connectivity index (χ2n) is 1.71. The molecule has 0 radical (unpaired) electrons. The van der Waals surface area contributed by atoms with Gasteiger partial charge in [-0.1, -0.05) is 6.04 Å². The smallest absolute Gasteiger partial charge is 0.151 e. The molecule has 0 aromatic heterocycles. The molecule has 1 saturated heterocycles. The highest BCUT2D eigenvalue weighted by Crippen LogP contribution is 2.30. The molecule has 1 fully saturated rings. The van der Waals surface area contributed by atoms with Crippen LogP contribution in [0.3, 0.4) is 0 Å². The first kappa shape index (κ1) is 5.16. The predicted octanol–water partition coefficient (Wildman–Crippen LogP) is 1.00. The highest BCUT2D eigenvalue weighted by molar-refractivity contribution is 7.69. The van der Waals surface area contributed by atoms with Crippen molar-refractivity contribution in [1.82, 2.24) is 0 Å². The minimum atomic E-state index is -1.37. The summed E-state index contributed by atoms with van der Waals surface area (Å²) in [6, 6.07) is 2.58. The third-order valence-corrected chi connectivity index (χ3v) is 13.2. The van der Waals surface area contributed by atoms with E-state index >= 15 is 0 Å². The van der Waals surface area contributed by atoms with Crippen LogP contribution in [0.5, 0.6) is 0 Å². The summed E-state index contributed by atoms with van der Waals surface area (Å²) in [5, 5.41) is 0. The van der Waals surface area contributed by atoms with Crippen LogP contribution < -0.4 is 0 Å². The van der Waals surface area contributed by atoms with Crippen molar-refractivity contribution in [2.45, 2.75) is 12.1 Å². The fourth-order valence-electron chi connectivity index (χ4n) is 0.444. The quantitative estimate of drug-likeness (QED) is 0.363. The summed E-state index contributed by atoms with van der Waals surface area (Å²) in [6.45, 7) is 0. The van der Waals surface area contributed by atoms with E-state index in [2.05, 4.69) is 0 Å². The number of halogens is 2. The fraction of sp³-hybridized carbons (Fsp3) is 1.00. The van der Waals surface area contributed by atoms with E-state index in [1.165, 1.54) is 12.1 Å². The summed E-state index contributed by atoms with van der Waals surface area (Å²) < 4.78 is 0.